The maximum Gasteiger partial charge on any atom is 0.221 e. The number of fused-ring (bicyclic) bond motifs is 1. The Bertz CT molecular complexity index is 854. The van der Waals surface area contributed by atoms with Crippen molar-refractivity contribution < 1.29 is 15.0 Å². The number of nitrogens with one attached hydrogen (secondary N) is 1. The summed E-state index contributed by atoms with van der Waals surface area (Å²) in [5.74, 6) is 0.106. The lowest BCUT2D eigenvalue weighted by molar-refractivity contribution is -0.114. The van der Waals surface area contributed by atoms with Gasteiger partial charge in [0.1, 0.15) is 11.5 Å². The molecule has 4 heteroatoms. The molecule has 0 fully saturated rings. The fraction of sp³-hybridized carbons (Fsp3) is 0.0556. The van der Waals surface area contributed by atoms with E-state index in [1.807, 2.05) is 12.1 Å². The highest BCUT2D eigenvalue weighted by Gasteiger charge is 2.12. The molecular weight excluding hydrogens is 278 g/mol. The number of aromatic hydroxyl groups is 2. The molecule has 22 heavy (non-hydrogen) atoms. The van der Waals surface area contributed by atoms with Crippen molar-refractivity contribution in [2.75, 3.05) is 5.32 Å². The molecule has 0 unspecified atom stereocenters. The second-order valence-corrected chi connectivity index (χ2v) is 5.10. The molecular formula is C18H15NO3. The third-order valence-electron chi connectivity index (χ3n) is 3.51. The van der Waals surface area contributed by atoms with Crippen LogP contribution >= 0.6 is 0 Å². The molecule has 0 heterocycles. The van der Waals surface area contributed by atoms with Crippen molar-refractivity contribution in [2.45, 2.75) is 6.92 Å². The summed E-state index contributed by atoms with van der Waals surface area (Å²) in [5.41, 5.74) is 1.99. The van der Waals surface area contributed by atoms with E-state index in [-0.39, 0.29) is 17.4 Å². The molecule has 0 saturated carbocycles. The predicted octanol–water partition coefficient (Wildman–Crippen LogP) is 3.88. The predicted molar refractivity (Wildman–Crippen MR) is 87.0 cm³/mol. The van der Waals surface area contributed by atoms with Crippen LogP contribution in [0.1, 0.15) is 6.92 Å². The maximum absolute atomic E-state index is 11.0. The van der Waals surface area contributed by atoms with E-state index in [4.69, 9.17) is 0 Å². The summed E-state index contributed by atoms with van der Waals surface area (Å²) >= 11 is 0. The van der Waals surface area contributed by atoms with Gasteiger partial charge in [-0.2, -0.15) is 0 Å². The van der Waals surface area contributed by atoms with Crippen LogP contribution in [-0.2, 0) is 4.79 Å². The van der Waals surface area contributed by atoms with Crippen LogP contribution in [0.2, 0.25) is 0 Å². The first-order chi connectivity index (χ1) is 10.6. The number of rotatable bonds is 2. The van der Waals surface area contributed by atoms with Gasteiger partial charge in [-0.25, -0.2) is 0 Å². The number of carbonyl (C=O) groups excluding carboxylic acids is 1. The molecule has 0 spiro atoms. The zero-order chi connectivity index (χ0) is 15.7. The van der Waals surface area contributed by atoms with E-state index in [2.05, 4.69) is 5.32 Å². The Balaban J connectivity index is 2.10. The topological polar surface area (TPSA) is 69.6 Å². The highest BCUT2D eigenvalue weighted by molar-refractivity contribution is 5.99. The Morgan fingerprint density at radius 3 is 2.23 bits per heavy atom. The first-order valence-corrected chi connectivity index (χ1v) is 6.88. The van der Waals surface area contributed by atoms with Gasteiger partial charge in [0, 0.05) is 28.9 Å². The van der Waals surface area contributed by atoms with Crippen LogP contribution in [0.3, 0.4) is 0 Å². The van der Waals surface area contributed by atoms with Crippen molar-refractivity contribution in [3.05, 3.63) is 54.6 Å². The molecule has 3 aromatic carbocycles. The van der Waals surface area contributed by atoms with E-state index in [9.17, 15) is 15.0 Å². The van der Waals surface area contributed by atoms with Crippen LogP contribution in [-0.4, -0.2) is 16.1 Å². The third kappa shape index (κ3) is 2.46. The molecule has 3 rings (SSSR count). The fourth-order valence-electron chi connectivity index (χ4n) is 2.50. The van der Waals surface area contributed by atoms with Crippen molar-refractivity contribution in [3.63, 3.8) is 0 Å². The van der Waals surface area contributed by atoms with Crippen molar-refractivity contribution in [3.8, 4) is 22.6 Å². The molecule has 0 atom stereocenters. The third-order valence-corrected chi connectivity index (χ3v) is 3.51. The van der Waals surface area contributed by atoms with E-state index in [0.717, 1.165) is 5.56 Å². The van der Waals surface area contributed by atoms with Gasteiger partial charge in [0.25, 0.3) is 0 Å². The van der Waals surface area contributed by atoms with E-state index < -0.39 is 0 Å². The Kier molecular flexibility index (Phi) is 3.43. The molecule has 0 aliphatic rings. The molecule has 1 amide bonds. The van der Waals surface area contributed by atoms with Gasteiger partial charge in [0.2, 0.25) is 5.91 Å². The molecule has 3 N–H and O–H groups in total. The van der Waals surface area contributed by atoms with Crippen LogP contribution in [0.5, 0.6) is 11.5 Å². The Morgan fingerprint density at radius 2 is 1.59 bits per heavy atom. The van der Waals surface area contributed by atoms with Crippen LogP contribution in [0.15, 0.2) is 54.6 Å². The lowest BCUT2D eigenvalue weighted by atomic mass is 9.98. The van der Waals surface area contributed by atoms with Crippen LogP contribution in [0.4, 0.5) is 5.69 Å². The normalized spacial score (nSPS) is 10.6. The van der Waals surface area contributed by atoms with Crippen molar-refractivity contribution in [1.82, 2.24) is 0 Å². The highest BCUT2D eigenvalue weighted by Crippen LogP contribution is 2.40. The van der Waals surface area contributed by atoms with Crippen LogP contribution in [0.25, 0.3) is 21.9 Å². The van der Waals surface area contributed by atoms with Crippen LogP contribution in [0, 0.1) is 0 Å². The molecule has 0 saturated heterocycles. The Morgan fingerprint density at radius 1 is 0.955 bits per heavy atom. The number of hydrogen-bond donors (Lipinski definition) is 3. The fourth-order valence-corrected chi connectivity index (χ4v) is 2.50. The first-order valence-electron chi connectivity index (χ1n) is 6.88. The van der Waals surface area contributed by atoms with Gasteiger partial charge in [-0.15, -0.1) is 0 Å². The maximum atomic E-state index is 11.0. The molecule has 0 bridgehead atoms. The van der Waals surface area contributed by atoms with Crippen molar-refractivity contribution in [2.24, 2.45) is 0 Å². The SMILES string of the molecule is CC(=O)Nc1ccc(-c2cc(O)c3ccccc3c2O)cc1. The number of benzene rings is 3. The number of anilines is 1. The monoisotopic (exact) mass is 293 g/mol. The molecule has 0 aliphatic heterocycles. The van der Waals surface area contributed by atoms with Gasteiger partial charge in [-0.05, 0) is 23.8 Å². The quantitative estimate of drug-likeness (QED) is 0.628. The van der Waals surface area contributed by atoms with Gasteiger partial charge < -0.3 is 15.5 Å². The summed E-state index contributed by atoms with van der Waals surface area (Å²) in [7, 11) is 0. The molecule has 3 aromatic rings. The smallest absolute Gasteiger partial charge is 0.221 e. The van der Waals surface area contributed by atoms with E-state index in [0.29, 0.717) is 22.0 Å². The summed E-state index contributed by atoms with van der Waals surface area (Å²) in [6.07, 6.45) is 0. The van der Waals surface area contributed by atoms with Crippen molar-refractivity contribution in [1.29, 1.82) is 0 Å². The Labute approximate surface area is 127 Å². The van der Waals surface area contributed by atoms with Crippen LogP contribution < -0.4 is 5.32 Å². The number of carbonyl (C=O) groups is 1. The molecule has 110 valence electrons. The van der Waals surface area contributed by atoms with Gasteiger partial charge >= 0.3 is 0 Å². The lowest BCUT2D eigenvalue weighted by Gasteiger charge is -2.11. The van der Waals surface area contributed by atoms with Gasteiger partial charge in [-0.3, -0.25) is 4.79 Å². The summed E-state index contributed by atoms with van der Waals surface area (Å²) in [5, 5.41) is 24.5. The van der Waals surface area contributed by atoms with E-state index >= 15 is 0 Å². The van der Waals surface area contributed by atoms with Gasteiger partial charge in [0.15, 0.2) is 0 Å². The zero-order valence-electron chi connectivity index (χ0n) is 12.0. The zero-order valence-corrected chi connectivity index (χ0v) is 12.0. The molecule has 0 radical (unpaired) electrons. The second-order valence-electron chi connectivity index (χ2n) is 5.10. The number of hydrogen-bond acceptors (Lipinski definition) is 3. The second kappa shape index (κ2) is 5.41. The Hall–Kier alpha value is -3.01. The molecule has 0 aromatic heterocycles. The average Bonchev–Trinajstić information content (AvgIpc) is 2.51. The lowest BCUT2D eigenvalue weighted by Crippen LogP contribution is -2.05. The number of amides is 1. The standard InChI is InChI=1S/C18H15NO3/c1-11(20)19-13-8-6-12(7-9-13)16-10-17(21)14-4-2-3-5-15(14)18(16)22/h2-10,21-22H,1H3,(H,19,20). The summed E-state index contributed by atoms with van der Waals surface area (Å²) in [4.78, 5) is 11.0. The summed E-state index contributed by atoms with van der Waals surface area (Å²) < 4.78 is 0. The van der Waals surface area contributed by atoms with E-state index in [1.54, 1.807) is 42.5 Å². The molecule has 4 nitrogen and oxygen atoms in total. The van der Waals surface area contributed by atoms with E-state index in [1.165, 1.54) is 6.92 Å². The first kappa shape index (κ1) is 13.9. The highest BCUT2D eigenvalue weighted by atomic mass is 16.3. The van der Waals surface area contributed by atoms with Gasteiger partial charge in [0.05, 0.1) is 0 Å². The number of phenols is 2. The van der Waals surface area contributed by atoms with Crippen molar-refractivity contribution >= 4 is 22.4 Å². The summed E-state index contributed by atoms with van der Waals surface area (Å²) in [6.45, 7) is 1.45. The minimum atomic E-state index is -0.140. The summed E-state index contributed by atoms with van der Waals surface area (Å²) in [6, 6.07) is 15.8. The largest absolute Gasteiger partial charge is 0.507 e. The minimum Gasteiger partial charge on any atom is -0.507 e. The van der Waals surface area contributed by atoms with Gasteiger partial charge in [-0.1, -0.05) is 36.4 Å². The molecule has 0 aliphatic carbocycles. The average molecular weight is 293 g/mol. The minimum absolute atomic E-state index is 0.120. The number of phenolic OH excluding ortho intramolecular Hbond substituents is 2.